The van der Waals surface area contributed by atoms with Gasteiger partial charge in [0.25, 0.3) is 0 Å². The summed E-state index contributed by atoms with van der Waals surface area (Å²) in [7, 11) is 0. The van der Waals surface area contributed by atoms with Gasteiger partial charge in [0.1, 0.15) is 12.4 Å². The van der Waals surface area contributed by atoms with E-state index in [4.69, 9.17) is 4.74 Å². The normalized spacial score (nSPS) is 37.2. The average Bonchev–Trinajstić information content (AvgIpc) is 2.19. The smallest absolute Gasteiger partial charge is 0.149 e. The molecule has 0 aromatic heterocycles. The summed E-state index contributed by atoms with van der Waals surface area (Å²) in [5.74, 6) is 0.387. The van der Waals surface area contributed by atoms with Crippen LogP contribution in [0.1, 0.15) is 46.0 Å². The molecule has 76 valence electrons. The Hall–Kier alpha value is -0.370. The molecule has 13 heavy (non-hydrogen) atoms. The molecule has 2 nitrogen and oxygen atoms in total. The first-order chi connectivity index (χ1) is 6.24. The fourth-order valence-electron chi connectivity index (χ4n) is 1.88. The standard InChI is InChI=1S/C11H20O2/c1-9-6-4-3-5-7-10(2)13-11(9)8-12/h8-11H,3-7H2,1-2H3. The number of aldehydes is 1. The van der Waals surface area contributed by atoms with Crippen LogP contribution < -0.4 is 0 Å². The Morgan fingerprint density at radius 1 is 1.15 bits per heavy atom. The van der Waals surface area contributed by atoms with Crippen LogP contribution in [-0.2, 0) is 9.53 Å². The highest BCUT2D eigenvalue weighted by Crippen LogP contribution is 2.21. The average molecular weight is 184 g/mol. The van der Waals surface area contributed by atoms with Gasteiger partial charge in [0, 0.05) is 0 Å². The molecule has 1 saturated heterocycles. The van der Waals surface area contributed by atoms with Crippen molar-refractivity contribution >= 4 is 6.29 Å². The summed E-state index contributed by atoms with van der Waals surface area (Å²) in [6.07, 6.45) is 7.01. The highest BCUT2D eigenvalue weighted by molar-refractivity contribution is 5.56. The van der Waals surface area contributed by atoms with Crippen LogP contribution in [0.4, 0.5) is 0 Å². The third-order valence-corrected chi connectivity index (χ3v) is 2.85. The largest absolute Gasteiger partial charge is 0.368 e. The second kappa shape index (κ2) is 5.38. The van der Waals surface area contributed by atoms with Crippen molar-refractivity contribution < 1.29 is 9.53 Å². The van der Waals surface area contributed by atoms with Gasteiger partial charge in [0.2, 0.25) is 0 Å². The maximum Gasteiger partial charge on any atom is 0.149 e. The predicted octanol–water partition coefficient (Wildman–Crippen LogP) is 2.56. The maximum absolute atomic E-state index is 10.8. The van der Waals surface area contributed by atoms with Crippen LogP contribution in [0.25, 0.3) is 0 Å². The maximum atomic E-state index is 10.8. The van der Waals surface area contributed by atoms with Crippen LogP contribution in [0.3, 0.4) is 0 Å². The van der Waals surface area contributed by atoms with Gasteiger partial charge in [-0.2, -0.15) is 0 Å². The van der Waals surface area contributed by atoms with E-state index in [1.807, 2.05) is 0 Å². The highest BCUT2D eigenvalue weighted by atomic mass is 16.5. The summed E-state index contributed by atoms with van der Waals surface area (Å²) < 4.78 is 5.66. The SMILES string of the molecule is CC1CCCCCC(C)C(C=O)O1. The van der Waals surface area contributed by atoms with Gasteiger partial charge in [0.15, 0.2) is 0 Å². The minimum Gasteiger partial charge on any atom is -0.368 e. The van der Waals surface area contributed by atoms with E-state index in [1.54, 1.807) is 0 Å². The zero-order chi connectivity index (χ0) is 9.68. The van der Waals surface area contributed by atoms with Gasteiger partial charge in [-0.1, -0.05) is 26.2 Å². The molecule has 3 atom stereocenters. The Kier molecular flexibility index (Phi) is 4.43. The zero-order valence-corrected chi connectivity index (χ0v) is 8.66. The summed E-state index contributed by atoms with van der Waals surface area (Å²) in [6.45, 7) is 4.17. The van der Waals surface area contributed by atoms with Crippen LogP contribution in [-0.4, -0.2) is 18.5 Å². The molecular weight excluding hydrogens is 164 g/mol. The first kappa shape index (κ1) is 10.7. The quantitative estimate of drug-likeness (QED) is 0.585. The van der Waals surface area contributed by atoms with Crippen molar-refractivity contribution in [1.82, 2.24) is 0 Å². The molecule has 2 heteroatoms. The van der Waals surface area contributed by atoms with Crippen molar-refractivity contribution in [3.63, 3.8) is 0 Å². The summed E-state index contributed by atoms with van der Waals surface area (Å²) in [5.41, 5.74) is 0. The molecule has 0 spiro atoms. The number of carbonyl (C=O) groups excluding carboxylic acids is 1. The van der Waals surface area contributed by atoms with Crippen molar-refractivity contribution in [3.8, 4) is 0 Å². The van der Waals surface area contributed by atoms with Gasteiger partial charge in [-0.05, 0) is 25.7 Å². The second-order valence-corrected chi connectivity index (χ2v) is 4.16. The van der Waals surface area contributed by atoms with Gasteiger partial charge in [-0.25, -0.2) is 0 Å². The lowest BCUT2D eigenvalue weighted by Crippen LogP contribution is -2.27. The van der Waals surface area contributed by atoms with Gasteiger partial charge >= 0.3 is 0 Å². The van der Waals surface area contributed by atoms with E-state index in [0.29, 0.717) is 5.92 Å². The van der Waals surface area contributed by atoms with E-state index in [9.17, 15) is 4.79 Å². The van der Waals surface area contributed by atoms with E-state index in [1.165, 1.54) is 19.3 Å². The predicted molar refractivity (Wildman–Crippen MR) is 52.6 cm³/mol. The summed E-state index contributed by atoms with van der Waals surface area (Å²) in [4.78, 5) is 10.8. The molecule has 0 radical (unpaired) electrons. The minimum atomic E-state index is -0.173. The number of ether oxygens (including phenoxy) is 1. The lowest BCUT2D eigenvalue weighted by Gasteiger charge is -2.21. The summed E-state index contributed by atoms with van der Waals surface area (Å²) in [6, 6.07) is 0. The molecule has 1 aliphatic rings. The molecule has 1 rings (SSSR count). The molecule has 1 fully saturated rings. The fraction of sp³-hybridized carbons (Fsp3) is 0.909. The summed E-state index contributed by atoms with van der Waals surface area (Å²) >= 11 is 0. The van der Waals surface area contributed by atoms with Crippen molar-refractivity contribution in [3.05, 3.63) is 0 Å². The fourth-order valence-corrected chi connectivity index (χ4v) is 1.88. The number of hydrogen-bond acceptors (Lipinski definition) is 2. The van der Waals surface area contributed by atoms with E-state index in [0.717, 1.165) is 19.1 Å². The Bertz CT molecular complexity index is 156. The molecule has 0 N–H and O–H groups in total. The highest BCUT2D eigenvalue weighted by Gasteiger charge is 2.20. The van der Waals surface area contributed by atoms with Crippen LogP contribution in [0.2, 0.25) is 0 Å². The van der Waals surface area contributed by atoms with Gasteiger partial charge < -0.3 is 9.53 Å². The van der Waals surface area contributed by atoms with Crippen LogP contribution in [0, 0.1) is 5.92 Å². The first-order valence-electron chi connectivity index (χ1n) is 5.34. The van der Waals surface area contributed by atoms with E-state index in [-0.39, 0.29) is 12.2 Å². The molecule has 0 aromatic rings. The molecule has 1 aliphatic heterocycles. The summed E-state index contributed by atoms with van der Waals surface area (Å²) in [5, 5.41) is 0. The zero-order valence-electron chi connectivity index (χ0n) is 8.66. The molecule has 0 amide bonds. The molecule has 3 unspecified atom stereocenters. The third kappa shape index (κ3) is 3.47. The lowest BCUT2D eigenvalue weighted by atomic mass is 9.98. The van der Waals surface area contributed by atoms with E-state index in [2.05, 4.69) is 13.8 Å². The van der Waals surface area contributed by atoms with Crippen LogP contribution in [0.5, 0.6) is 0 Å². The molecule has 0 saturated carbocycles. The van der Waals surface area contributed by atoms with E-state index < -0.39 is 0 Å². The van der Waals surface area contributed by atoms with E-state index >= 15 is 0 Å². The van der Waals surface area contributed by atoms with Crippen LogP contribution in [0.15, 0.2) is 0 Å². The molecule has 0 aromatic carbocycles. The molecular formula is C11H20O2. The molecule has 0 bridgehead atoms. The third-order valence-electron chi connectivity index (χ3n) is 2.85. The Balaban J connectivity index is 2.51. The monoisotopic (exact) mass is 184 g/mol. The second-order valence-electron chi connectivity index (χ2n) is 4.16. The van der Waals surface area contributed by atoms with Gasteiger partial charge in [-0.3, -0.25) is 0 Å². The Morgan fingerprint density at radius 2 is 1.85 bits per heavy atom. The van der Waals surface area contributed by atoms with Crippen LogP contribution >= 0.6 is 0 Å². The van der Waals surface area contributed by atoms with Crippen molar-refractivity contribution in [1.29, 1.82) is 0 Å². The Labute approximate surface area is 80.7 Å². The Morgan fingerprint density at radius 3 is 2.54 bits per heavy atom. The van der Waals surface area contributed by atoms with Gasteiger partial charge in [-0.15, -0.1) is 0 Å². The van der Waals surface area contributed by atoms with Crippen molar-refractivity contribution in [2.45, 2.75) is 58.2 Å². The molecule has 0 aliphatic carbocycles. The minimum absolute atomic E-state index is 0.173. The topological polar surface area (TPSA) is 26.3 Å². The number of carbonyl (C=O) groups is 1. The first-order valence-corrected chi connectivity index (χ1v) is 5.34. The number of hydrogen-bond donors (Lipinski definition) is 0. The lowest BCUT2D eigenvalue weighted by molar-refractivity contribution is -0.125. The van der Waals surface area contributed by atoms with Crippen molar-refractivity contribution in [2.24, 2.45) is 5.92 Å². The van der Waals surface area contributed by atoms with Crippen molar-refractivity contribution in [2.75, 3.05) is 0 Å². The number of rotatable bonds is 1. The molecule has 1 heterocycles. The van der Waals surface area contributed by atoms with Gasteiger partial charge in [0.05, 0.1) is 6.10 Å².